The highest BCUT2D eigenvalue weighted by atomic mass is 19.4. The number of aryl methyl sites for hydroxylation is 2. The van der Waals surface area contributed by atoms with Crippen molar-refractivity contribution in [1.82, 2.24) is 14.9 Å². The fourth-order valence-electron chi connectivity index (χ4n) is 2.62. The van der Waals surface area contributed by atoms with E-state index in [2.05, 4.69) is 9.97 Å². The molecule has 1 atom stereocenters. The summed E-state index contributed by atoms with van der Waals surface area (Å²) in [6.45, 7) is 6.35. The van der Waals surface area contributed by atoms with Gasteiger partial charge >= 0.3 is 6.18 Å². The van der Waals surface area contributed by atoms with Crippen molar-refractivity contribution in [3.8, 4) is 0 Å². The van der Waals surface area contributed by atoms with Gasteiger partial charge in [0, 0.05) is 37.4 Å². The van der Waals surface area contributed by atoms with Crippen molar-refractivity contribution >= 4 is 5.82 Å². The Morgan fingerprint density at radius 2 is 2.00 bits per heavy atom. The lowest BCUT2D eigenvalue weighted by Gasteiger charge is -2.40. The predicted octanol–water partition coefficient (Wildman–Crippen LogP) is 2.42. The number of rotatable bonds is 3. The summed E-state index contributed by atoms with van der Waals surface area (Å²) in [4.78, 5) is 12.3. The second-order valence-corrected chi connectivity index (χ2v) is 5.50. The highest BCUT2D eigenvalue weighted by Crippen LogP contribution is 2.22. The highest BCUT2D eigenvalue weighted by Gasteiger charge is 2.35. The molecule has 2 rings (SSSR count). The molecule has 0 bridgehead atoms. The average Bonchev–Trinajstić information content (AvgIpc) is 2.39. The van der Waals surface area contributed by atoms with Gasteiger partial charge in [0.05, 0.1) is 6.54 Å². The molecule has 1 aromatic heterocycles. The van der Waals surface area contributed by atoms with Gasteiger partial charge in [0.2, 0.25) is 0 Å². The van der Waals surface area contributed by atoms with Crippen LogP contribution in [0.2, 0.25) is 0 Å². The minimum Gasteiger partial charge on any atom is -0.354 e. The molecule has 4 nitrogen and oxygen atoms in total. The summed E-state index contributed by atoms with van der Waals surface area (Å²) in [6.07, 6.45) is -3.32. The van der Waals surface area contributed by atoms with Gasteiger partial charge in [0.1, 0.15) is 11.6 Å². The van der Waals surface area contributed by atoms with E-state index in [1.54, 1.807) is 0 Å². The number of alkyl halides is 3. The number of hydrogen-bond acceptors (Lipinski definition) is 4. The largest absolute Gasteiger partial charge is 0.401 e. The van der Waals surface area contributed by atoms with Crippen LogP contribution in [0.5, 0.6) is 0 Å². The first-order chi connectivity index (χ1) is 9.78. The van der Waals surface area contributed by atoms with Crippen LogP contribution in [0.25, 0.3) is 0 Å². The zero-order valence-corrected chi connectivity index (χ0v) is 12.6. The first-order valence-electron chi connectivity index (χ1n) is 7.19. The molecule has 0 amide bonds. The zero-order valence-electron chi connectivity index (χ0n) is 12.6. The molecule has 0 saturated carbocycles. The standard InChI is InChI=1S/C14H21F3N4/c1-4-12-7-13(19-11(3)18-12)20-5-6-21(10(2)8-20)9-14(15,16)17/h7,10H,4-6,8-9H2,1-3H3. The Morgan fingerprint density at radius 3 is 2.57 bits per heavy atom. The Kier molecular flexibility index (Phi) is 4.70. The van der Waals surface area contributed by atoms with E-state index in [1.807, 2.05) is 31.7 Å². The molecule has 0 aromatic carbocycles. The van der Waals surface area contributed by atoms with Crippen molar-refractivity contribution in [2.75, 3.05) is 31.1 Å². The molecule has 2 heterocycles. The maximum atomic E-state index is 12.5. The van der Waals surface area contributed by atoms with Crippen molar-refractivity contribution in [2.45, 2.75) is 39.4 Å². The van der Waals surface area contributed by atoms with Crippen LogP contribution in [-0.2, 0) is 6.42 Å². The lowest BCUT2D eigenvalue weighted by Crippen LogP contribution is -2.54. The SMILES string of the molecule is CCc1cc(N2CCN(CC(F)(F)F)C(C)C2)nc(C)n1. The third kappa shape index (κ3) is 4.30. The molecule has 0 spiro atoms. The molecule has 1 aromatic rings. The number of hydrogen-bond donors (Lipinski definition) is 0. The second kappa shape index (κ2) is 6.17. The smallest absolute Gasteiger partial charge is 0.354 e. The molecule has 0 aliphatic carbocycles. The lowest BCUT2D eigenvalue weighted by atomic mass is 10.2. The minimum atomic E-state index is -4.14. The number of halogens is 3. The van der Waals surface area contributed by atoms with E-state index in [0.717, 1.165) is 17.9 Å². The van der Waals surface area contributed by atoms with E-state index in [-0.39, 0.29) is 6.04 Å². The molecule has 1 saturated heterocycles. The van der Waals surface area contributed by atoms with Gasteiger partial charge in [-0.05, 0) is 20.3 Å². The van der Waals surface area contributed by atoms with Crippen molar-refractivity contribution in [2.24, 2.45) is 0 Å². The lowest BCUT2D eigenvalue weighted by molar-refractivity contribution is -0.150. The molecular weight excluding hydrogens is 281 g/mol. The van der Waals surface area contributed by atoms with Crippen LogP contribution >= 0.6 is 0 Å². The van der Waals surface area contributed by atoms with Gasteiger partial charge in [-0.2, -0.15) is 13.2 Å². The Balaban J connectivity index is 2.07. The summed E-state index contributed by atoms with van der Waals surface area (Å²) >= 11 is 0. The fourth-order valence-corrected chi connectivity index (χ4v) is 2.62. The zero-order chi connectivity index (χ0) is 15.6. The van der Waals surface area contributed by atoms with E-state index >= 15 is 0 Å². The molecule has 21 heavy (non-hydrogen) atoms. The number of anilines is 1. The Bertz CT molecular complexity index is 490. The summed E-state index contributed by atoms with van der Waals surface area (Å²) in [7, 11) is 0. The Morgan fingerprint density at radius 1 is 1.29 bits per heavy atom. The first-order valence-corrected chi connectivity index (χ1v) is 7.19. The van der Waals surface area contributed by atoms with Crippen molar-refractivity contribution in [3.63, 3.8) is 0 Å². The van der Waals surface area contributed by atoms with Crippen LogP contribution in [0.1, 0.15) is 25.4 Å². The molecule has 118 valence electrons. The monoisotopic (exact) mass is 302 g/mol. The van der Waals surface area contributed by atoms with Gasteiger partial charge in [-0.15, -0.1) is 0 Å². The minimum absolute atomic E-state index is 0.152. The van der Waals surface area contributed by atoms with E-state index in [4.69, 9.17) is 0 Å². The van der Waals surface area contributed by atoms with Crippen LogP contribution < -0.4 is 4.90 Å². The van der Waals surface area contributed by atoms with E-state index in [0.29, 0.717) is 25.5 Å². The summed E-state index contributed by atoms with van der Waals surface area (Å²) in [5.74, 6) is 1.52. The van der Waals surface area contributed by atoms with Crippen LogP contribution in [0.15, 0.2) is 6.07 Å². The molecule has 0 N–H and O–H groups in total. The van der Waals surface area contributed by atoms with Crippen LogP contribution in [0, 0.1) is 6.92 Å². The maximum Gasteiger partial charge on any atom is 0.401 e. The number of piperazine rings is 1. The van der Waals surface area contributed by atoms with Crippen LogP contribution in [0.4, 0.5) is 19.0 Å². The molecule has 1 unspecified atom stereocenters. The summed E-state index contributed by atoms with van der Waals surface area (Å²) in [5.41, 5.74) is 0.961. The molecular formula is C14H21F3N4. The van der Waals surface area contributed by atoms with E-state index in [9.17, 15) is 13.2 Å². The number of nitrogens with zero attached hydrogens (tertiary/aromatic N) is 4. The molecule has 7 heteroatoms. The highest BCUT2D eigenvalue weighted by molar-refractivity contribution is 5.40. The first kappa shape index (κ1) is 16.0. The normalized spacial score (nSPS) is 20.9. The van der Waals surface area contributed by atoms with Crippen molar-refractivity contribution in [3.05, 3.63) is 17.6 Å². The Labute approximate surface area is 123 Å². The Hall–Kier alpha value is -1.37. The van der Waals surface area contributed by atoms with Crippen LogP contribution in [0.3, 0.4) is 0 Å². The van der Waals surface area contributed by atoms with Gasteiger partial charge in [-0.3, -0.25) is 4.90 Å². The molecule has 1 aliphatic rings. The number of aromatic nitrogens is 2. The van der Waals surface area contributed by atoms with Crippen molar-refractivity contribution in [1.29, 1.82) is 0 Å². The van der Waals surface area contributed by atoms with Crippen LogP contribution in [-0.4, -0.2) is 53.3 Å². The van der Waals surface area contributed by atoms with Crippen molar-refractivity contribution < 1.29 is 13.2 Å². The van der Waals surface area contributed by atoms with E-state index < -0.39 is 12.7 Å². The van der Waals surface area contributed by atoms with Gasteiger partial charge in [-0.1, -0.05) is 6.92 Å². The average molecular weight is 302 g/mol. The van der Waals surface area contributed by atoms with Gasteiger partial charge in [-0.25, -0.2) is 9.97 Å². The molecule has 1 aliphatic heterocycles. The third-order valence-electron chi connectivity index (χ3n) is 3.71. The van der Waals surface area contributed by atoms with Gasteiger partial charge in [0.15, 0.2) is 0 Å². The van der Waals surface area contributed by atoms with Gasteiger partial charge < -0.3 is 4.90 Å². The van der Waals surface area contributed by atoms with Gasteiger partial charge in [0.25, 0.3) is 0 Å². The topological polar surface area (TPSA) is 32.3 Å². The summed E-state index contributed by atoms with van der Waals surface area (Å²) in [5, 5.41) is 0. The van der Waals surface area contributed by atoms with E-state index in [1.165, 1.54) is 4.90 Å². The quantitative estimate of drug-likeness (QED) is 0.858. The summed E-state index contributed by atoms with van der Waals surface area (Å²) < 4.78 is 37.5. The summed E-state index contributed by atoms with van der Waals surface area (Å²) in [6, 6.07) is 1.78. The second-order valence-electron chi connectivity index (χ2n) is 5.50. The predicted molar refractivity (Wildman–Crippen MR) is 75.5 cm³/mol. The maximum absolute atomic E-state index is 12.5. The third-order valence-corrected chi connectivity index (χ3v) is 3.71. The molecule has 1 fully saturated rings. The molecule has 0 radical (unpaired) electrons. The fraction of sp³-hybridized carbons (Fsp3) is 0.714.